The van der Waals surface area contributed by atoms with Gasteiger partial charge in [0, 0.05) is 5.92 Å². The third-order valence-corrected chi connectivity index (χ3v) is 3.17. The summed E-state index contributed by atoms with van der Waals surface area (Å²) in [5.74, 6) is 1.61. The Bertz CT molecular complexity index is 188. The first-order valence-corrected chi connectivity index (χ1v) is 4.40. The Labute approximate surface area is 67.6 Å². The lowest BCUT2D eigenvalue weighted by Crippen LogP contribution is -2.40. The number of ketones is 1. The maximum atomic E-state index is 11.6. The van der Waals surface area contributed by atoms with E-state index in [1.165, 1.54) is 12.8 Å². The second kappa shape index (κ2) is 2.31. The summed E-state index contributed by atoms with van der Waals surface area (Å²) in [5.41, 5.74) is 0. The number of Topliss-reactive ketones (excluding diaryl/α,β-unsaturated/α-hetero) is 1. The molecule has 2 aliphatic carbocycles. The zero-order valence-corrected chi connectivity index (χ0v) is 7.21. The van der Waals surface area contributed by atoms with E-state index in [1.54, 1.807) is 0 Å². The van der Waals surface area contributed by atoms with Crippen molar-refractivity contribution in [2.45, 2.75) is 25.3 Å². The number of likely N-dealkylation sites (N-methyl/N-ethyl adjacent to an activating group) is 1. The summed E-state index contributed by atoms with van der Waals surface area (Å²) in [5, 5.41) is 0. The number of carbonyl (C=O) groups is 1. The molecule has 0 unspecified atom stereocenters. The summed E-state index contributed by atoms with van der Waals surface area (Å²) in [6.45, 7) is 0. The van der Waals surface area contributed by atoms with Crippen molar-refractivity contribution >= 4 is 5.78 Å². The maximum absolute atomic E-state index is 11.6. The van der Waals surface area contributed by atoms with Gasteiger partial charge in [0.15, 0.2) is 5.78 Å². The van der Waals surface area contributed by atoms with Crippen LogP contribution < -0.4 is 0 Å². The van der Waals surface area contributed by atoms with Crippen molar-refractivity contribution in [2.24, 2.45) is 11.8 Å². The van der Waals surface area contributed by atoms with Crippen LogP contribution in [0, 0.1) is 11.8 Å². The fourth-order valence-corrected chi connectivity index (χ4v) is 2.71. The van der Waals surface area contributed by atoms with E-state index in [0.29, 0.717) is 17.6 Å². The van der Waals surface area contributed by atoms with Crippen molar-refractivity contribution in [1.82, 2.24) is 4.90 Å². The summed E-state index contributed by atoms with van der Waals surface area (Å²) >= 11 is 0. The highest BCUT2D eigenvalue weighted by Crippen LogP contribution is 2.43. The van der Waals surface area contributed by atoms with Crippen LogP contribution in [0.5, 0.6) is 0 Å². The Morgan fingerprint density at radius 3 is 2.45 bits per heavy atom. The molecule has 2 aliphatic rings. The largest absolute Gasteiger partial charge is 0.300 e. The molecular weight excluding hydrogens is 138 g/mol. The van der Waals surface area contributed by atoms with Gasteiger partial charge in [-0.2, -0.15) is 0 Å². The molecule has 0 saturated heterocycles. The summed E-state index contributed by atoms with van der Waals surface area (Å²) in [6, 6.07) is 0.258. The second-order valence-electron chi connectivity index (χ2n) is 4.08. The van der Waals surface area contributed by atoms with Crippen molar-refractivity contribution in [3.8, 4) is 0 Å². The Balaban J connectivity index is 2.18. The van der Waals surface area contributed by atoms with Crippen LogP contribution in [0.25, 0.3) is 0 Å². The van der Waals surface area contributed by atoms with Crippen LogP contribution in [0.15, 0.2) is 0 Å². The fraction of sp³-hybridized carbons (Fsp3) is 0.889. The van der Waals surface area contributed by atoms with Gasteiger partial charge in [-0.3, -0.25) is 9.69 Å². The minimum absolute atomic E-state index is 0.258. The predicted octanol–water partition coefficient (Wildman–Crippen LogP) is 0.916. The predicted molar refractivity (Wildman–Crippen MR) is 43.3 cm³/mol. The van der Waals surface area contributed by atoms with Gasteiger partial charge in [0.2, 0.25) is 0 Å². The molecule has 0 radical (unpaired) electrons. The van der Waals surface area contributed by atoms with E-state index in [4.69, 9.17) is 0 Å². The fourth-order valence-electron chi connectivity index (χ4n) is 2.71. The van der Waals surface area contributed by atoms with Crippen LogP contribution in [0.2, 0.25) is 0 Å². The highest BCUT2D eigenvalue weighted by molar-refractivity contribution is 5.89. The molecule has 0 amide bonds. The molecule has 0 aromatic heterocycles. The monoisotopic (exact) mass is 153 g/mol. The molecule has 0 aliphatic heterocycles. The summed E-state index contributed by atoms with van der Waals surface area (Å²) in [4.78, 5) is 13.7. The van der Waals surface area contributed by atoms with Crippen LogP contribution in [0.4, 0.5) is 0 Å². The number of carbonyl (C=O) groups excluding carboxylic acids is 1. The molecular formula is C9H15NO. The molecule has 0 spiro atoms. The number of fused-ring (bicyclic) bond motifs is 2. The zero-order chi connectivity index (χ0) is 8.01. The standard InChI is InChI=1S/C9H15NO/c1-10(2)8-6-3-4-7(5-6)9(8)11/h6-8H,3-5H2,1-2H3/t6-,7-,8+/m0/s1. The molecule has 0 aromatic rings. The topological polar surface area (TPSA) is 20.3 Å². The molecule has 0 aromatic carbocycles. The van der Waals surface area contributed by atoms with Gasteiger partial charge >= 0.3 is 0 Å². The Hall–Kier alpha value is -0.370. The van der Waals surface area contributed by atoms with E-state index in [2.05, 4.69) is 4.90 Å². The van der Waals surface area contributed by atoms with Crippen LogP contribution in [0.3, 0.4) is 0 Å². The van der Waals surface area contributed by atoms with Gasteiger partial charge in [-0.15, -0.1) is 0 Å². The summed E-state index contributed by atoms with van der Waals surface area (Å²) in [6.07, 6.45) is 3.61. The molecule has 62 valence electrons. The van der Waals surface area contributed by atoms with E-state index in [1.807, 2.05) is 14.1 Å². The van der Waals surface area contributed by atoms with E-state index < -0.39 is 0 Å². The van der Waals surface area contributed by atoms with Crippen LogP contribution in [0.1, 0.15) is 19.3 Å². The van der Waals surface area contributed by atoms with Gasteiger partial charge in [-0.1, -0.05) is 0 Å². The van der Waals surface area contributed by atoms with E-state index >= 15 is 0 Å². The Kier molecular flexibility index (Phi) is 1.53. The van der Waals surface area contributed by atoms with Crippen molar-refractivity contribution in [3.05, 3.63) is 0 Å². The molecule has 2 heteroatoms. The quantitative estimate of drug-likeness (QED) is 0.558. The molecule has 0 heterocycles. The molecule has 0 N–H and O–H groups in total. The van der Waals surface area contributed by atoms with Gasteiger partial charge in [0.1, 0.15) is 0 Å². The number of rotatable bonds is 1. The molecule has 11 heavy (non-hydrogen) atoms. The van der Waals surface area contributed by atoms with Crippen LogP contribution in [-0.4, -0.2) is 30.8 Å². The van der Waals surface area contributed by atoms with Gasteiger partial charge in [0.05, 0.1) is 6.04 Å². The molecule has 2 rings (SSSR count). The number of nitrogens with zero attached hydrogens (tertiary/aromatic N) is 1. The van der Waals surface area contributed by atoms with E-state index in [9.17, 15) is 4.79 Å². The van der Waals surface area contributed by atoms with Gasteiger partial charge < -0.3 is 0 Å². The molecule has 2 nitrogen and oxygen atoms in total. The number of hydrogen-bond donors (Lipinski definition) is 0. The first-order chi connectivity index (χ1) is 5.20. The summed E-state index contributed by atoms with van der Waals surface area (Å²) < 4.78 is 0. The van der Waals surface area contributed by atoms with Crippen molar-refractivity contribution in [1.29, 1.82) is 0 Å². The maximum Gasteiger partial charge on any atom is 0.153 e. The molecule has 2 fully saturated rings. The SMILES string of the molecule is CN(C)[C@H]1C(=O)[C@H]2CC[C@H]1C2. The molecule has 2 bridgehead atoms. The van der Waals surface area contributed by atoms with Crippen molar-refractivity contribution in [3.63, 3.8) is 0 Å². The highest BCUT2D eigenvalue weighted by atomic mass is 16.1. The first kappa shape index (κ1) is 7.29. The Morgan fingerprint density at radius 1 is 1.36 bits per heavy atom. The smallest absolute Gasteiger partial charge is 0.153 e. The zero-order valence-electron chi connectivity index (χ0n) is 7.21. The highest BCUT2D eigenvalue weighted by Gasteiger charge is 2.47. The Morgan fingerprint density at radius 2 is 2.09 bits per heavy atom. The van der Waals surface area contributed by atoms with E-state index in [0.717, 1.165) is 6.42 Å². The van der Waals surface area contributed by atoms with Gasteiger partial charge in [0.25, 0.3) is 0 Å². The molecule has 3 atom stereocenters. The van der Waals surface area contributed by atoms with Crippen LogP contribution >= 0.6 is 0 Å². The van der Waals surface area contributed by atoms with Crippen molar-refractivity contribution in [2.75, 3.05) is 14.1 Å². The second-order valence-corrected chi connectivity index (χ2v) is 4.08. The number of hydrogen-bond acceptors (Lipinski definition) is 2. The normalized spacial score (nSPS) is 42.5. The van der Waals surface area contributed by atoms with E-state index in [-0.39, 0.29) is 6.04 Å². The van der Waals surface area contributed by atoms with Gasteiger partial charge in [-0.05, 0) is 39.3 Å². The van der Waals surface area contributed by atoms with Crippen molar-refractivity contribution < 1.29 is 4.79 Å². The first-order valence-electron chi connectivity index (χ1n) is 4.40. The third-order valence-electron chi connectivity index (χ3n) is 3.17. The lowest BCUT2D eigenvalue weighted by molar-refractivity contribution is -0.126. The lowest BCUT2D eigenvalue weighted by atomic mass is 9.93. The average Bonchev–Trinajstić information content (AvgIpc) is 2.44. The minimum Gasteiger partial charge on any atom is -0.300 e. The average molecular weight is 153 g/mol. The van der Waals surface area contributed by atoms with Gasteiger partial charge in [-0.25, -0.2) is 0 Å². The van der Waals surface area contributed by atoms with Crippen LogP contribution in [-0.2, 0) is 4.79 Å². The lowest BCUT2D eigenvalue weighted by Gasteiger charge is -2.26. The summed E-state index contributed by atoms with van der Waals surface area (Å²) in [7, 11) is 4.03. The minimum atomic E-state index is 0.258. The molecule has 2 saturated carbocycles. The third kappa shape index (κ3) is 0.924.